The van der Waals surface area contributed by atoms with Crippen LogP contribution < -0.4 is 5.73 Å². The summed E-state index contributed by atoms with van der Waals surface area (Å²) < 4.78 is 0. The zero-order valence-electron chi connectivity index (χ0n) is 9.34. The van der Waals surface area contributed by atoms with Crippen molar-refractivity contribution in [3.63, 3.8) is 0 Å². The second kappa shape index (κ2) is 4.43. The highest BCUT2D eigenvalue weighted by atomic mass is 15.1. The molecule has 1 aliphatic rings. The number of rotatable bonds is 3. The zero-order valence-corrected chi connectivity index (χ0v) is 9.34. The van der Waals surface area contributed by atoms with Crippen LogP contribution in [0.25, 0.3) is 0 Å². The van der Waals surface area contributed by atoms with Crippen LogP contribution in [0.2, 0.25) is 0 Å². The minimum Gasteiger partial charge on any atom is -0.327 e. The van der Waals surface area contributed by atoms with Gasteiger partial charge in [0.1, 0.15) is 0 Å². The maximum absolute atomic E-state index is 5.78. The lowest BCUT2D eigenvalue weighted by atomic mass is 9.78. The third-order valence-corrected chi connectivity index (χ3v) is 3.46. The van der Waals surface area contributed by atoms with E-state index in [-0.39, 0.29) is 0 Å². The molecule has 0 aromatic heterocycles. The van der Waals surface area contributed by atoms with Crippen molar-refractivity contribution in [2.24, 2.45) is 11.1 Å². The van der Waals surface area contributed by atoms with E-state index in [4.69, 9.17) is 5.73 Å². The van der Waals surface area contributed by atoms with Crippen molar-refractivity contribution in [1.29, 1.82) is 0 Å². The highest BCUT2D eigenvalue weighted by Crippen LogP contribution is 2.33. The minimum atomic E-state index is 0.325. The van der Waals surface area contributed by atoms with Gasteiger partial charge in [0.15, 0.2) is 0 Å². The summed E-state index contributed by atoms with van der Waals surface area (Å²) in [5.41, 5.74) is 6.39. The van der Waals surface area contributed by atoms with E-state index in [1.807, 2.05) is 0 Å². The third-order valence-electron chi connectivity index (χ3n) is 3.46. The molecule has 2 heteroatoms. The first-order chi connectivity index (χ1) is 6.06. The smallest absolute Gasteiger partial charge is 0.0139 e. The van der Waals surface area contributed by atoms with Crippen LogP contribution in [0.3, 0.4) is 0 Å². The first-order valence-corrected chi connectivity index (χ1v) is 5.54. The van der Waals surface area contributed by atoms with Crippen LogP contribution in [0.15, 0.2) is 0 Å². The van der Waals surface area contributed by atoms with Crippen LogP contribution in [-0.2, 0) is 0 Å². The van der Waals surface area contributed by atoms with Gasteiger partial charge in [-0.2, -0.15) is 0 Å². The first-order valence-electron chi connectivity index (χ1n) is 5.54. The molecule has 2 N–H and O–H groups in total. The fourth-order valence-corrected chi connectivity index (χ4v) is 2.04. The Morgan fingerprint density at radius 1 is 1.38 bits per heavy atom. The van der Waals surface area contributed by atoms with E-state index < -0.39 is 0 Å². The van der Waals surface area contributed by atoms with Gasteiger partial charge in [-0.15, -0.1) is 0 Å². The number of piperidine rings is 1. The molecule has 0 spiro atoms. The van der Waals surface area contributed by atoms with Gasteiger partial charge in [-0.25, -0.2) is 0 Å². The second-order valence-corrected chi connectivity index (χ2v) is 4.94. The van der Waals surface area contributed by atoms with Gasteiger partial charge < -0.3 is 10.6 Å². The molecule has 0 amide bonds. The summed E-state index contributed by atoms with van der Waals surface area (Å²) in [6.45, 7) is 10.4. The molecule has 0 radical (unpaired) electrons. The maximum atomic E-state index is 5.78. The van der Waals surface area contributed by atoms with Crippen LogP contribution >= 0.6 is 0 Å². The average Bonchev–Trinajstić information content (AvgIpc) is 2.09. The molecule has 1 aliphatic heterocycles. The first kappa shape index (κ1) is 11.0. The van der Waals surface area contributed by atoms with Gasteiger partial charge in [0.25, 0.3) is 0 Å². The molecule has 0 aliphatic carbocycles. The second-order valence-electron chi connectivity index (χ2n) is 4.94. The Morgan fingerprint density at radius 2 is 1.92 bits per heavy atom. The normalized spacial score (nSPS) is 25.8. The standard InChI is InChI=1S/C11H24N2/c1-4-11(3)5-7-13(8-6-11)9-10(2)12/h10H,4-9,12H2,1-3H3/t10-/m1/s1. The van der Waals surface area contributed by atoms with Crippen LogP contribution in [-0.4, -0.2) is 30.6 Å². The van der Waals surface area contributed by atoms with Crippen LogP contribution in [0, 0.1) is 5.41 Å². The van der Waals surface area contributed by atoms with E-state index in [0.717, 1.165) is 6.54 Å². The molecular weight excluding hydrogens is 160 g/mol. The van der Waals surface area contributed by atoms with E-state index in [9.17, 15) is 0 Å². The Hall–Kier alpha value is -0.0800. The largest absolute Gasteiger partial charge is 0.327 e. The summed E-state index contributed by atoms with van der Waals surface area (Å²) in [4.78, 5) is 2.50. The lowest BCUT2D eigenvalue weighted by molar-refractivity contribution is 0.111. The Bertz CT molecular complexity index is 146. The molecule has 1 atom stereocenters. The van der Waals surface area contributed by atoms with E-state index in [1.54, 1.807) is 0 Å². The molecule has 13 heavy (non-hydrogen) atoms. The van der Waals surface area contributed by atoms with Gasteiger partial charge in [0.05, 0.1) is 0 Å². The van der Waals surface area contributed by atoms with E-state index >= 15 is 0 Å². The number of hydrogen-bond donors (Lipinski definition) is 1. The Labute approximate surface area is 82.5 Å². The highest BCUT2D eigenvalue weighted by molar-refractivity contribution is 4.82. The molecule has 0 bridgehead atoms. The summed E-state index contributed by atoms with van der Waals surface area (Å²) in [7, 11) is 0. The van der Waals surface area contributed by atoms with Crippen molar-refractivity contribution >= 4 is 0 Å². The van der Waals surface area contributed by atoms with Crippen molar-refractivity contribution in [2.45, 2.75) is 46.1 Å². The van der Waals surface area contributed by atoms with Gasteiger partial charge in [-0.3, -0.25) is 0 Å². The minimum absolute atomic E-state index is 0.325. The molecule has 1 saturated heterocycles. The van der Waals surface area contributed by atoms with Crippen molar-refractivity contribution in [2.75, 3.05) is 19.6 Å². The fourth-order valence-electron chi connectivity index (χ4n) is 2.04. The van der Waals surface area contributed by atoms with Crippen LogP contribution in [0.4, 0.5) is 0 Å². The number of hydrogen-bond acceptors (Lipinski definition) is 2. The zero-order chi connectivity index (χ0) is 9.90. The molecule has 1 heterocycles. The van der Waals surface area contributed by atoms with Gasteiger partial charge in [0.2, 0.25) is 0 Å². The van der Waals surface area contributed by atoms with Gasteiger partial charge in [-0.05, 0) is 38.3 Å². The predicted octanol–water partition coefficient (Wildman–Crippen LogP) is 1.85. The van der Waals surface area contributed by atoms with Crippen LogP contribution in [0.1, 0.15) is 40.0 Å². The third kappa shape index (κ3) is 3.28. The molecular formula is C11H24N2. The molecule has 1 fully saturated rings. The van der Waals surface area contributed by atoms with Crippen LogP contribution in [0.5, 0.6) is 0 Å². The highest BCUT2D eigenvalue weighted by Gasteiger charge is 2.28. The van der Waals surface area contributed by atoms with Crippen molar-refractivity contribution in [1.82, 2.24) is 4.90 Å². The average molecular weight is 184 g/mol. The summed E-state index contributed by atoms with van der Waals surface area (Å²) in [6.07, 6.45) is 4.01. The quantitative estimate of drug-likeness (QED) is 0.725. The van der Waals surface area contributed by atoms with Crippen molar-refractivity contribution < 1.29 is 0 Å². The van der Waals surface area contributed by atoms with Gasteiger partial charge in [-0.1, -0.05) is 20.3 Å². The number of nitrogens with zero attached hydrogens (tertiary/aromatic N) is 1. The molecule has 0 saturated carbocycles. The monoisotopic (exact) mass is 184 g/mol. The molecule has 0 aromatic rings. The number of likely N-dealkylation sites (tertiary alicyclic amines) is 1. The van der Waals surface area contributed by atoms with Gasteiger partial charge in [0, 0.05) is 12.6 Å². The Kier molecular flexibility index (Phi) is 3.74. The molecule has 78 valence electrons. The number of nitrogens with two attached hydrogens (primary N) is 1. The van der Waals surface area contributed by atoms with E-state index in [2.05, 4.69) is 25.7 Å². The lowest BCUT2D eigenvalue weighted by Gasteiger charge is -2.39. The molecule has 2 nitrogen and oxygen atoms in total. The molecule has 0 aromatic carbocycles. The summed E-state index contributed by atoms with van der Waals surface area (Å²) in [5.74, 6) is 0. The predicted molar refractivity (Wildman–Crippen MR) is 57.7 cm³/mol. The van der Waals surface area contributed by atoms with Gasteiger partial charge >= 0.3 is 0 Å². The Morgan fingerprint density at radius 3 is 2.31 bits per heavy atom. The lowest BCUT2D eigenvalue weighted by Crippen LogP contribution is -2.43. The van der Waals surface area contributed by atoms with Crippen molar-refractivity contribution in [3.05, 3.63) is 0 Å². The summed E-state index contributed by atoms with van der Waals surface area (Å²) in [5, 5.41) is 0. The Balaban J connectivity index is 2.30. The summed E-state index contributed by atoms with van der Waals surface area (Å²) >= 11 is 0. The summed E-state index contributed by atoms with van der Waals surface area (Å²) in [6, 6.07) is 0.325. The van der Waals surface area contributed by atoms with E-state index in [0.29, 0.717) is 11.5 Å². The molecule has 0 unspecified atom stereocenters. The maximum Gasteiger partial charge on any atom is 0.0139 e. The molecule has 1 rings (SSSR count). The fraction of sp³-hybridized carbons (Fsp3) is 1.00. The van der Waals surface area contributed by atoms with Crippen molar-refractivity contribution in [3.8, 4) is 0 Å². The topological polar surface area (TPSA) is 29.3 Å². The van der Waals surface area contributed by atoms with E-state index in [1.165, 1.54) is 32.4 Å². The SMILES string of the molecule is CCC1(C)CCN(C[C@@H](C)N)CC1.